The predicted octanol–water partition coefficient (Wildman–Crippen LogP) is 3.04. The molecule has 1 heterocycles. The Morgan fingerprint density at radius 3 is 2.44 bits per heavy atom. The van der Waals surface area contributed by atoms with Gasteiger partial charge in [-0.25, -0.2) is 9.07 Å². The summed E-state index contributed by atoms with van der Waals surface area (Å²) in [4.78, 5) is 12.3. The van der Waals surface area contributed by atoms with Gasteiger partial charge in [0.2, 0.25) is 0 Å². The lowest BCUT2D eigenvalue weighted by Gasteiger charge is -2.05. The predicted molar refractivity (Wildman–Crippen MR) is 69.9 cm³/mol. The Bertz CT molecular complexity index is 638. The lowest BCUT2D eigenvalue weighted by atomic mass is 10.0. The summed E-state index contributed by atoms with van der Waals surface area (Å²) in [6, 6.07) is 4.40. The Balaban J connectivity index is 2.66. The van der Waals surface area contributed by atoms with Gasteiger partial charge in [0.05, 0.1) is 5.69 Å². The van der Waals surface area contributed by atoms with Crippen molar-refractivity contribution in [3.05, 3.63) is 51.2 Å². The van der Waals surface area contributed by atoms with Crippen LogP contribution in [0, 0.1) is 19.7 Å². The minimum absolute atomic E-state index is 0.0581. The van der Waals surface area contributed by atoms with E-state index < -0.39 is 0 Å². The van der Waals surface area contributed by atoms with Gasteiger partial charge in [-0.3, -0.25) is 9.89 Å². The Morgan fingerprint density at radius 2 is 1.94 bits per heavy atom. The molecule has 4 heteroatoms. The number of aryl methyl sites for hydroxylation is 2. The molecule has 0 aliphatic carbocycles. The minimum atomic E-state index is -0.295. The molecule has 96 valence electrons. The second kappa shape index (κ2) is 4.44. The molecule has 0 atom stereocenters. The summed E-state index contributed by atoms with van der Waals surface area (Å²) >= 11 is 0. The van der Waals surface area contributed by atoms with Gasteiger partial charge in [0.15, 0.2) is 0 Å². The van der Waals surface area contributed by atoms with Gasteiger partial charge in [0.25, 0.3) is 5.56 Å². The van der Waals surface area contributed by atoms with Crippen molar-refractivity contribution in [1.29, 1.82) is 0 Å². The highest BCUT2D eigenvalue weighted by molar-refractivity contribution is 5.41. The molecule has 0 radical (unpaired) electrons. The lowest BCUT2D eigenvalue weighted by Crippen LogP contribution is -2.18. The van der Waals surface area contributed by atoms with E-state index in [2.05, 4.69) is 5.10 Å². The fraction of sp³-hybridized carbons (Fsp3) is 0.357. The maximum Gasteiger partial charge on any atom is 0.274 e. The highest BCUT2D eigenvalue weighted by Crippen LogP contribution is 2.17. The molecule has 0 bridgehead atoms. The minimum Gasteiger partial charge on any atom is -0.295 e. The van der Waals surface area contributed by atoms with Gasteiger partial charge in [-0.2, -0.15) is 0 Å². The van der Waals surface area contributed by atoms with Gasteiger partial charge in [0, 0.05) is 11.3 Å². The second-order valence-corrected chi connectivity index (χ2v) is 4.88. The molecule has 2 aromatic rings. The van der Waals surface area contributed by atoms with Crippen LogP contribution >= 0.6 is 0 Å². The molecule has 0 fully saturated rings. The molecular formula is C14H17FN2O. The van der Waals surface area contributed by atoms with Crippen LogP contribution in [0.25, 0.3) is 5.69 Å². The largest absolute Gasteiger partial charge is 0.295 e. The van der Waals surface area contributed by atoms with E-state index in [1.165, 1.54) is 16.8 Å². The summed E-state index contributed by atoms with van der Waals surface area (Å²) in [5, 5.41) is 3.05. The highest BCUT2D eigenvalue weighted by Gasteiger charge is 2.16. The van der Waals surface area contributed by atoms with E-state index in [9.17, 15) is 9.18 Å². The van der Waals surface area contributed by atoms with Gasteiger partial charge in [-0.1, -0.05) is 13.8 Å². The number of halogens is 1. The quantitative estimate of drug-likeness (QED) is 0.871. The highest BCUT2D eigenvalue weighted by atomic mass is 19.1. The zero-order valence-corrected chi connectivity index (χ0v) is 11.0. The van der Waals surface area contributed by atoms with E-state index in [0.29, 0.717) is 5.69 Å². The van der Waals surface area contributed by atoms with Crippen molar-refractivity contribution in [3.63, 3.8) is 0 Å². The van der Waals surface area contributed by atoms with Crippen molar-refractivity contribution in [1.82, 2.24) is 9.78 Å². The molecule has 0 unspecified atom stereocenters. The number of nitrogens with one attached hydrogen (secondary N) is 1. The third-order valence-electron chi connectivity index (χ3n) is 3.09. The van der Waals surface area contributed by atoms with Crippen LogP contribution in [0.2, 0.25) is 0 Å². The maximum atomic E-state index is 13.1. The van der Waals surface area contributed by atoms with Crippen LogP contribution in [0.3, 0.4) is 0 Å². The number of hydrogen-bond acceptors (Lipinski definition) is 1. The SMILES string of the molecule is Cc1cc(F)ccc1-n1[nH]c(C)c(C(C)C)c1=O. The van der Waals surface area contributed by atoms with Gasteiger partial charge >= 0.3 is 0 Å². The summed E-state index contributed by atoms with van der Waals surface area (Å²) in [5.41, 5.74) is 3.00. The molecule has 0 saturated heterocycles. The molecule has 0 saturated carbocycles. The number of nitrogens with zero attached hydrogens (tertiary/aromatic N) is 1. The first-order valence-electron chi connectivity index (χ1n) is 6.00. The summed E-state index contributed by atoms with van der Waals surface area (Å²) in [6.45, 7) is 7.64. The molecule has 2 rings (SSSR count). The lowest BCUT2D eigenvalue weighted by molar-refractivity contribution is 0.625. The van der Waals surface area contributed by atoms with E-state index in [1.807, 2.05) is 20.8 Å². The average Bonchev–Trinajstić information content (AvgIpc) is 2.54. The molecule has 1 aromatic carbocycles. The Hall–Kier alpha value is -1.84. The summed E-state index contributed by atoms with van der Waals surface area (Å²) in [6.07, 6.45) is 0. The van der Waals surface area contributed by atoms with Crippen LogP contribution in [0.15, 0.2) is 23.0 Å². The summed E-state index contributed by atoms with van der Waals surface area (Å²) in [7, 11) is 0. The number of aromatic amines is 1. The first-order chi connectivity index (χ1) is 8.41. The van der Waals surface area contributed by atoms with Crippen molar-refractivity contribution in [3.8, 4) is 5.69 Å². The second-order valence-electron chi connectivity index (χ2n) is 4.88. The fourth-order valence-corrected chi connectivity index (χ4v) is 2.28. The first kappa shape index (κ1) is 12.6. The van der Waals surface area contributed by atoms with Crippen LogP contribution < -0.4 is 5.56 Å². The molecular weight excluding hydrogens is 231 g/mol. The zero-order valence-electron chi connectivity index (χ0n) is 11.0. The number of H-pyrrole nitrogens is 1. The first-order valence-corrected chi connectivity index (χ1v) is 6.00. The van der Waals surface area contributed by atoms with Crippen LogP contribution in [0.5, 0.6) is 0 Å². The van der Waals surface area contributed by atoms with Crippen LogP contribution in [0.1, 0.15) is 36.6 Å². The molecule has 0 amide bonds. The maximum absolute atomic E-state index is 13.1. The average molecular weight is 248 g/mol. The molecule has 1 N–H and O–H groups in total. The Morgan fingerprint density at radius 1 is 1.28 bits per heavy atom. The van der Waals surface area contributed by atoms with E-state index in [-0.39, 0.29) is 17.3 Å². The number of aromatic nitrogens is 2. The van der Waals surface area contributed by atoms with Crippen LogP contribution in [-0.4, -0.2) is 9.78 Å². The summed E-state index contributed by atoms with van der Waals surface area (Å²) in [5.74, 6) is -0.132. The van der Waals surface area contributed by atoms with Gasteiger partial charge in [-0.15, -0.1) is 0 Å². The third-order valence-corrected chi connectivity index (χ3v) is 3.09. The summed E-state index contributed by atoms with van der Waals surface area (Å²) < 4.78 is 14.6. The molecule has 1 aromatic heterocycles. The fourth-order valence-electron chi connectivity index (χ4n) is 2.28. The van der Waals surface area contributed by atoms with E-state index >= 15 is 0 Å². The van der Waals surface area contributed by atoms with Gasteiger partial charge < -0.3 is 0 Å². The molecule has 18 heavy (non-hydrogen) atoms. The molecule has 0 spiro atoms. The van der Waals surface area contributed by atoms with Crippen molar-refractivity contribution in [2.75, 3.05) is 0 Å². The third kappa shape index (κ3) is 1.98. The normalized spacial score (nSPS) is 11.2. The van der Waals surface area contributed by atoms with E-state index in [1.54, 1.807) is 13.0 Å². The van der Waals surface area contributed by atoms with E-state index in [0.717, 1.165) is 16.8 Å². The van der Waals surface area contributed by atoms with Gasteiger partial charge in [-0.05, 0) is 43.5 Å². The van der Waals surface area contributed by atoms with Crippen LogP contribution in [0.4, 0.5) is 4.39 Å². The Labute approximate surface area is 105 Å². The zero-order chi connectivity index (χ0) is 13.4. The molecule has 0 aliphatic rings. The Kier molecular flexibility index (Phi) is 3.11. The molecule has 3 nitrogen and oxygen atoms in total. The van der Waals surface area contributed by atoms with Crippen molar-refractivity contribution >= 4 is 0 Å². The van der Waals surface area contributed by atoms with Crippen molar-refractivity contribution in [2.45, 2.75) is 33.6 Å². The topological polar surface area (TPSA) is 37.8 Å². The molecule has 0 aliphatic heterocycles. The number of hydrogen-bond donors (Lipinski definition) is 1. The van der Waals surface area contributed by atoms with Gasteiger partial charge in [0.1, 0.15) is 5.82 Å². The number of rotatable bonds is 2. The van der Waals surface area contributed by atoms with Crippen molar-refractivity contribution < 1.29 is 4.39 Å². The van der Waals surface area contributed by atoms with E-state index in [4.69, 9.17) is 0 Å². The smallest absolute Gasteiger partial charge is 0.274 e. The standard InChI is InChI=1S/C14H17FN2O/c1-8(2)13-10(4)16-17(14(13)18)12-6-5-11(15)7-9(12)3/h5-8,16H,1-4H3. The van der Waals surface area contributed by atoms with Crippen LogP contribution in [-0.2, 0) is 0 Å². The van der Waals surface area contributed by atoms with Crippen molar-refractivity contribution in [2.24, 2.45) is 0 Å². The monoisotopic (exact) mass is 248 g/mol. The number of benzene rings is 1.